The van der Waals surface area contributed by atoms with E-state index in [1.54, 1.807) is 0 Å². The van der Waals surface area contributed by atoms with Gasteiger partial charge in [-0.05, 0) is 30.7 Å². The first-order chi connectivity index (χ1) is 12.1. The molecule has 3 N–H and O–H groups in total. The second-order valence-corrected chi connectivity index (χ2v) is 6.13. The Kier molecular flexibility index (Phi) is 7.16. The van der Waals surface area contributed by atoms with Crippen LogP contribution in [0.4, 0.5) is 0 Å². The number of ether oxygens (including phenoxy) is 1. The number of carboxylic acids is 1. The summed E-state index contributed by atoms with van der Waals surface area (Å²) in [6, 6.07) is 7.55. The number of fused-ring (bicyclic) bond motifs is 1. The molecule has 1 aliphatic heterocycles. The molecular formula is C19H27N3O3. The average Bonchev–Trinajstić information content (AvgIpc) is 2.68. The van der Waals surface area contributed by atoms with Gasteiger partial charge in [0.1, 0.15) is 6.17 Å². The number of allylic oxidation sites excluding steroid dienone is 1. The van der Waals surface area contributed by atoms with Gasteiger partial charge in [-0.15, -0.1) is 0 Å². The van der Waals surface area contributed by atoms with E-state index in [0.29, 0.717) is 19.6 Å². The Morgan fingerprint density at radius 3 is 2.96 bits per heavy atom. The van der Waals surface area contributed by atoms with Crippen molar-refractivity contribution in [2.45, 2.75) is 38.5 Å². The number of aliphatic imine (C=N–C) groups is 1. The SMILES string of the molecule is C=NC(C/C(N)=C\CC)N1CCOC(C(=O)O)c2ccccc2CC1. The van der Waals surface area contributed by atoms with Gasteiger partial charge in [0, 0.05) is 25.2 Å². The predicted octanol–water partition coefficient (Wildman–Crippen LogP) is 2.36. The maximum absolute atomic E-state index is 11.6. The minimum Gasteiger partial charge on any atom is -0.479 e. The fourth-order valence-electron chi connectivity index (χ4n) is 3.14. The molecule has 0 spiro atoms. The predicted molar refractivity (Wildman–Crippen MR) is 98.6 cm³/mol. The summed E-state index contributed by atoms with van der Waals surface area (Å²) in [5.74, 6) is -0.964. The average molecular weight is 345 g/mol. The van der Waals surface area contributed by atoms with Crippen molar-refractivity contribution in [2.75, 3.05) is 19.7 Å². The minimum atomic E-state index is -0.964. The van der Waals surface area contributed by atoms with E-state index in [2.05, 4.69) is 16.6 Å². The molecule has 1 aromatic rings. The van der Waals surface area contributed by atoms with Crippen LogP contribution >= 0.6 is 0 Å². The first kappa shape index (κ1) is 19.1. The summed E-state index contributed by atoms with van der Waals surface area (Å²) in [7, 11) is 0. The smallest absolute Gasteiger partial charge is 0.337 e. The summed E-state index contributed by atoms with van der Waals surface area (Å²) < 4.78 is 5.68. The Bertz CT molecular complexity index is 630. The van der Waals surface area contributed by atoms with Crippen molar-refractivity contribution in [1.29, 1.82) is 0 Å². The van der Waals surface area contributed by atoms with Crippen molar-refractivity contribution >= 4 is 12.7 Å². The Labute approximate surface area is 149 Å². The number of benzene rings is 1. The van der Waals surface area contributed by atoms with Gasteiger partial charge in [0.25, 0.3) is 0 Å². The standard InChI is InChI=1S/C19H27N3O3/c1-3-6-15(20)13-17(21-2)22-10-9-14-7-4-5-8-16(14)18(19(23)24)25-12-11-22/h4-8,17-18H,2-3,9-13,20H2,1H3,(H,23,24)/b15-6+. The molecule has 2 unspecified atom stereocenters. The molecule has 6 nitrogen and oxygen atoms in total. The van der Waals surface area contributed by atoms with E-state index in [9.17, 15) is 9.90 Å². The molecule has 0 fully saturated rings. The van der Waals surface area contributed by atoms with Gasteiger partial charge >= 0.3 is 5.97 Å². The maximum Gasteiger partial charge on any atom is 0.337 e. The Hall–Kier alpha value is -2.18. The molecule has 0 saturated heterocycles. The van der Waals surface area contributed by atoms with Crippen molar-refractivity contribution in [3.05, 3.63) is 47.2 Å². The van der Waals surface area contributed by atoms with Gasteiger partial charge in [-0.1, -0.05) is 37.3 Å². The van der Waals surface area contributed by atoms with Crippen LogP contribution in [-0.2, 0) is 16.0 Å². The zero-order chi connectivity index (χ0) is 18.2. The maximum atomic E-state index is 11.6. The molecule has 6 heteroatoms. The highest BCUT2D eigenvalue weighted by atomic mass is 16.5. The number of nitrogens with zero attached hydrogens (tertiary/aromatic N) is 2. The molecule has 25 heavy (non-hydrogen) atoms. The lowest BCUT2D eigenvalue weighted by Gasteiger charge is -2.28. The van der Waals surface area contributed by atoms with Crippen LogP contribution in [0.1, 0.15) is 37.0 Å². The summed E-state index contributed by atoms with van der Waals surface area (Å²) in [4.78, 5) is 18.0. The van der Waals surface area contributed by atoms with Gasteiger partial charge in [0.05, 0.1) is 6.61 Å². The van der Waals surface area contributed by atoms with Crippen LogP contribution in [0.2, 0.25) is 0 Å². The van der Waals surface area contributed by atoms with Crippen molar-refractivity contribution in [2.24, 2.45) is 10.7 Å². The first-order valence-corrected chi connectivity index (χ1v) is 8.63. The molecule has 2 atom stereocenters. The molecule has 0 aliphatic carbocycles. The molecule has 1 aliphatic rings. The van der Waals surface area contributed by atoms with Crippen LogP contribution in [0.5, 0.6) is 0 Å². The van der Waals surface area contributed by atoms with Crippen LogP contribution in [0.15, 0.2) is 41.0 Å². The van der Waals surface area contributed by atoms with Crippen LogP contribution in [0, 0.1) is 0 Å². The van der Waals surface area contributed by atoms with Crippen LogP contribution in [0.25, 0.3) is 0 Å². The monoisotopic (exact) mass is 345 g/mol. The van der Waals surface area contributed by atoms with Gasteiger partial charge in [-0.25, -0.2) is 4.79 Å². The lowest BCUT2D eigenvalue weighted by Crippen LogP contribution is -2.38. The highest BCUT2D eigenvalue weighted by Gasteiger charge is 2.26. The molecule has 0 radical (unpaired) electrons. The van der Waals surface area contributed by atoms with Gasteiger partial charge in [0.15, 0.2) is 6.10 Å². The van der Waals surface area contributed by atoms with Crippen LogP contribution in [-0.4, -0.2) is 48.6 Å². The van der Waals surface area contributed by atoms with Crippen molar-refractivity contribution < 1.29 is 14.6 Å². The third-order valence-electron chi connectivity index (χ3n) is 4.41. The number of aliphatic carboxylic acids is 1. The quantitative estimate of drug-likeness (QED) is 0.773. The molecule has 0 bridgehead atoms. The molecule has 1 aromatic carbocycles. The fraction of sp³-hybridized carbons (Fsp3) is 0.474. The Morgan fingerprint density at radius 1 is 1.52 bits per heavy atom. The topological polar surface area (TPSA) is 88.1 Å². The molecule has 2 rings (SSSR count). The van der Waals surface area contributed by atoms with E-state index < -0.39 is 12.1 Å². The number of hydrogen-bond donors (Lipinski definition) is 2. The normalized spacial score (nSPS) is 20.7. The molecule has 1 heterocycles. The van der Waals surface area contributed by atoms with Crippen molar-refractivity contribution in [3.63, 3.8) is 0 Å². The first-order valence-electron chi connectivity index (χ1n) is 8.63. The molecule has 0 saturated carbocycles. The number of hydrogen-bond acceptors (Lipinski definition) is 5. The third kappa shape index (κ3) is 5.14. The van der Waals surface area contributed by atoms with E-state index in [1.807, 2.05) is 37.3 Å². The Balaban J connectivity index is 2.20. The zero-order valence-electron chi connectivity index (χ0n) is 14.7. The third-order valence-corrected chi connectivity index (χ3v) is 4.41. The van der Waals surface area contributed by atoms with E-state index >= 15 is 0 Å². The van der Waals surface area contributed by atoms with E-state index in [4.69, 9.17) is 10.5 Å². The highest BCUT2D eigenvalue weighted by Crippen LogP contribution is 2.25. The molecular weight excluding hydrogens is 318 g/mol. The van der Waals surface area contributed by atoms with Crippen molar-refractivity contribution in [1.82, 2.24) is 4.90 Å². The van der Waals surface area contributed by atoms with E-state index in [0.717, 1.165) is 36.2 Å². The second kappa shape index (κ2) is 9.34. The van der Waals surface area contributed by atoms with Crippen molar-refractivity contribution in [3.8, 4) is 0 Å². The largest absolute Gasteiger partial charge is 0.479 e. The second-order valence-electron chi connectivity index (χ2n) is 6.13. The summed E-state index contributed by atoms with van der Waals surface area (Å²) >= 11 is 0. The summed E-state index contributed by atoms with van der Waals surface area (Å²) in [6.45, 7) is 7.39. The lowest BCUT2D eigenvalue weighted by atomic mass is 9.99. The number of carboxylic acid groups (broad SMARTS) is 1. The molecule has 0 amide bonds. The lowest BCUT2D eigenvalue weighted by molar-refractivity contribution is -0.151. The van der Waals surface area contributed by atoms with Gasteiger partial charge in [0.2, 0.25) is 0 Å². The molecule has 136 valence electrons. The highest BCUT2D eigenvalue weighted by molar-refractivity contribution is 5.75. The minimum absolute atomic E-state index is 0.139. The van der Waals surface area contributed by atoms with E-state index in [-0.39, 0.29) is 6.17 Å². The number of nitrogens with two attached hydrogens (primary N) is 1. The summed E-state index contributed by atoms with van der Waals surface area (Å²) in [6.07, 6.45) is 3.14. The van der Waals surface area contributed by atoms with Crippen LogP contribution in [0.3, 0.4) is 0 Å². The van der Waals surface area contributed by atoms with Crippen LogP contribution < -0.4 is 5.73 Å². The zero-order valence-corrected chi connectivity index (χ0v) is 14.7. The van der Waals surface area contributed by atoms with Gasteiger partial charge in [-0.3, -0.25) is 9.89 Å². The van der Waals surface area contributed by atoms with Gasteiger partial charge in [-0.2, -0.15) is 0 Å². The van der Waals surface area contributed by atoms with Gasteiger partial charge < -0.3 is 15.6 Å². The summed E-state index contributed by atoms with van der Waals surface area (Å²) in [5, 5.41) is 9.50. The van der Waals surface area contributed by atoms with E-state index in [1.165, 1.54) is 0 Å². The Morgan fingerprint density at radius 2 is 2.28 bits per heavy atom. The summed E-state index contributed by atoms with van der Waals surface area (Å²) in [5.41, 5.74) is 8.55. The molecule has 0 aromatic heterocycles. The number of carbonyl (C=O) groups is 1. The fourth-order valence-corrected chi connectivity index (χ4v) is 3.14. The number of rotatable bonds is 6.